The van der Waals surface area contributed by atoms with E-state index in [1.165, 1.54) is 17.6 Å². The third-order valence-corrected chi connectivity index (χ3v) is 5.76. The largest absolute Gasteiger partial charge is 0.497 e. The summed E-state index contributed by atoms with van der Waals surface area (Å²) in [6, 6.07) is 18.9. The van der Waals surface area contributed by atoms with E-state index in [9.17, 15) is 4.79 Å². The summed E-state index contributed by atoms with van der Waals surface area (Å²) in [6.07, 6.45) is 1.49. The molecule has 1 aromatic carbocycles. The summed E-state index contributed by atoms with van der Waals surface area (Å²) in [5.74, 6) is 1.49. The van der Waals surface area contributed by atoms with E-state index in [1.807, 2.05) is 56.3 Å². The Kier molecular flexibility index (Phi) is 6.04. The first kappa shape index (κ1) is 20.7. The van der Waals surface area contributed by atoms with Gasteiger partial charge >= 0.3 is 0 Å². The minimum absolute atomic E-state index is 0.249. The van der Waals surface area contributed by atoms with E-state index in [0.717, 1.165) is 38.3 Å². The van der Waals surface area contributed by atoms with Gasteiger partial charge in [-0.15, -0.1) is 11.3 Å². The van der Waals surface area contributed by atoms with Gasteiger partial charge in [0.15, 0.2) is 5.76 Å². The monoisotopic (exact) mass is 433 g/mol. The van der Waals surface area contributed by atoms with E-state index in [-0.39, 0.29) is 17.7 Å². The predicted molar refractivity (Wildman–Crippen MR) is 123 cm³/mol. The average Bonchev–Trinajstić information content (AvgIpc) is 3.42. The third kappa shape index (κ3) is 4.78. The Morgan fingerprint density at radius 1 is 1.10 bits per heavy atom. The number of carbonyl (C=O) groups is 1. The maximum atomic E-state index is 12.6. The van der Waals surface area contributed by atoms with E-state index in [1.54, 1.807) is 19.2 Å². The normalized spacial score (nSPS) is 11.7. The van der Waals surface area contributed by atoms with Crippen molar-refractivity contribution in [3.63, 3.8) is 0 Å². The van der Waals surface area contributed by atoms with Crippen LogP contribution in [0.25, 0.3) is 0 Å². The summed E-state index contributed by atoms with van der Waals surface area (Å²) in [7, 11) is 1.65. The molecule has 0 saturated carbocycles. The van der Waals surface area contributed by atoms with E-state index in [2.05, 4.69) is 21.7 Å². The first-order chi connectivity index (χ1) is 15.0. The number of pyridine rings is 1. The van der Waals surface area contributed by atoms with Crippen molar-refractivity contribution in [1.29, 1.82) is 0 Å². The molecule has 4 rings (SSSR count). The summed E-state index contributed by atoms with van der Waals surface area (Å²) < 4.78 is 10.7. The highest BCUT2D eigenvalue weighted by molar-refractivity contribution is 7.16. The van der Waals surface area contributed by atoms with Gasteiger partial charge in [-0.05, 0) is 61.9 Å². The van der Waals surface area contributed by atoms with Crippen molar-refractivity contribution < 1.29 is 13.9 Å². The molecule has 0 aliphatic carbocycles. The number of amides is 1. The fourth-order valence-electron chi connectivity index (χ4n) is 3.35. The highest BCUT2D eigenvalue weighted by atomic mass is 32.1. The Labute approximate surface area is 184 Å². The molecule has 6 nitrogen and oxygen atoms in total. The molecule has 3 aromatic heterocycles. The molecular weight excluding hydrogens is 410 g/mol. The summed E-state index contributed by atoms with van der Waals surface area (Å²) in [5, 5.41) is 7.29. The average molecular weight is 434 g/mol. The minimum atomic E-state index is -0.286. The number of rotatable bonds is 7. The molecule has 0 spiro atoms. The first-order valence-corrected chi connectivity index (χ1v) is 10.6. The lowest BCUT2D eigenvalue weighted by atomic mass is 9.99. The second-order valence-electron chi connectivity index (χ2n) is 7.09. The number of aryl methyl sites for hydroxylation is 2. The fourth-order valence-corrected chi connectivity index (χ4v) is 4.30. The Balaban J connectivity index is 1.75. The van der Waals surface area contributed by atoms with Crippen LogP contribution >= 0.6 is 11.3 Å². The predicted octanol–water partition coefficient (Wildman–Crippen LogP) is 5.82. The Hall–Kier alpha value is -3.58. The molecule has 2 N–H and O–H groups in total. The van der Waals surface area contributed by atoms with Crippen LogP contribution in [0.15, 0.2) is 71.3 Å². The molecule has 4 aromatic rings. The number of hydrogen-bond acceptors (Lipinski definition) is 6. The number of anilines is 2. The van der Waals surface area contributed by atoms with Gasteiger partial charge < -0.3 is 19.8 Å². The van der Waals surface area contributed by atoms with E-state index >= 15 is 0 Å². The summed E-state index contributed by atoms with van der Waals surface area (Å²) in [4.78, 5) is 18.3. The molecule has 1 amide bonds. The van der Waals surface area contributed by atoms with Gasteiger partial charge in [-0.3, -0.25) is 4.79 Å². The van der Waals surface area contributed by atoms with Crippen LogP contribution in [0.5, 0.6) is 5.75 Å². The quantitative estimate of drug-likeness (QED) is 0.384. The number of furan rings is 1. The molecule has 0 aliphatic rings. The molecule has 1 atom stereocenters. The maximum Gasteiger partial charge on any atom is 0.291 e. The SMILES string of the molecule is COc1cccc([C@@H](Nc2cccc(C)n2)c2cc(C)sc2NC(=O)c2ccco2)c1. The second kappa shape index (κ2) is 9.06. The fraction of sp³-hybridized carbons (Fsp3) is 0.167. The van der Waals surface area contributed by atoms with Gasteiger partial charge in [0, 0.05) is 16.1 Å². The van der Waals surface area contributed by atoms with Crippen molar-refractivity contribution in [2.45, 2.75) is 19.9 Å². The Morgan fingerprint density at radius 2 is 1.94 bits per heavy atom. The first-order valence-electron chi connectivity index (χ1n) is 9.83. The molecule has 0 bridgehead atoms. The highest BCUT2D eigenvalue weighted by Crippen LogP contribution is 2.38. The zero-order valence-electron chi connectivity index (χ0n) is 17.5. The number of benzene rings is 1. The number of ether oxygens (including phenoxy) is 1. The van der Waals surface area contributed by atoms with Crippen molar-refractivity contribution in [2.24, 2.45) is 0 Å². The van der Waals surface area contributed by atoms with E-state index in [4.69, 9.17) is 9.15 Å². The summed E-state index contributed by atoms with van der Waals surface area (Å²) in [6.45, 7) is 3.97. The number of nitrogens with zero attached hydrogens (tertiary/aromatic N) is 1. The number of carbonyl (C=O) groups excluding carboxylic acids is 1. The van der Waals surface area contributed by atoms with Gasteiger partial charge in [-0.25, -0.2) is 4.98 Å². The number of methoxy groups -OCH3 is 1. The van der Waals surface area contributed by atoms with Crippen LogP contribution in [-0.4, -0.2) is 18.0 Å². The van der Waals surface area contributed by atoms with E-state index < -0.39 is 0 Å². The van der Waals surface area contributed by atoms with Gasteiger partial charge in [-0.1, -0.05) is 18.2 Å². The van der Waals surface area contributed by atoms with Crippen molar-refractivity contribution in [2.75, 3.05) is 17.7 Å². The smallest absolute Gasteiger partial charge is 0.291 e. The van der Waals surface area contributed by atoms with Crippen LogP contribution in [0.1, 0.15) is 38.3 Å². The Bertz CT molecular complexity index is 1180. The van der Waals surface area contributed by atoms with Crippen LogP contribution in [0, 0.1) is 13.8 Å². The molecule has 0 radical (unpaired) electrons. The third-order valence-electron chi connectivity index (χ3n) is 4.77. The van der Waals surface area contributed by atoms with Gasteiger partial charge in [0.1, 0.15) is 16.6 Å². The summed E-state index contributed by atoms with van der Waals surface area (Å²) >= 11 is 1.52. The number of aromatic nitrogens is 1. The van der Waals surface area contributed by atoms with E-state index in [0.29, 0.717) is 0 Å². The van der Waals surface area contributed by atoms with Crippen LogP contribution in [0.3, 0.4) is 0 Å². The zero-order chi connectivity index (χ0) is 21.8. The van der Waals surface area contributed by atoms with Crippen LogP contribution in [0.2, 0.25) is 0 Å². The number of nitrogens with one attached hydrogen (secondary N) is 2. The van der Waals surface area contributed by atoms with Gasteiger partial charge in [0.25, 0.3) is 5.91 Å². The van der Waals surface area contributed by atoms with Gasteiger partial charge in [0.05, 0.1) is 19.4 Å². The Morgan fingerprint density at radius 3 is 2.68 bits per heavy atom. The van der Waals surface area contributed by atoms with Crippen molar-refractivity contribution in [3.05, 3.63) is 94.4 Å². The molecule has 3 heterocycles. The minimum Gasteiger partial charge on any atom is -0.497 e. The van der Waals surface area contributed by atoms with Crippen LogP contribution in [0.4, 0.5) is 10.8 Å². The molecule has 0 unspecified atom stereocenters. The molecule has 31 heavy (non-hydrogen) atoms. The molecule has 0 saturated heterocycles. The van der Waals surface area contributed by atoms with Crippen LogP contribution < -0.4 is 15.4 Å². The molecule has 7 heteroatoms. The van der Waals surface area contributed by atoms with Crippen molar-refractivity contribution >= 4 is 28.1 Å². The van der Waals surface area contributed by atoms with Crippen molar-refractivity contribution in [1.82, 2.24) is 4.98 Å². The number of thiophene rings is 1. The lowest BCUT2D eigenvalue weighted by molar-refractivity contribution is 0.0997. The number of hydrogen-bond donors (Lipinski definition) is 2. The zero-order valence-corrected chi connectivity index (χ0v) is 18.3. The lowest BCUT2D eigenvalue weighted by Crippen LogP contribution is -2.17. The maximum absolute atomic E-state index is 12.6. The highest BCUT2D eigenvalue weighted by Gasteiger charge is 2.23. The standard InChI is InChI=1S/C24H23N3O3S/c1-15-7-4-11-21(25-15)26-22(17-8-5-9-18(14-17)29-3)19-13-16(2)31-24(19)27-23(28)20-10-6-12-30-20/h4-14,22H,1-3H3,(H,25,26)(H,27,28)/t22-/m1/s1. The van der Waals surface area contributed by atoms with Gasteiger partial charge in [-0.2, -0.15) is 0 Å². The molecular formula is C24H23N3O3S. The van der Waals surface area contributed by atoms with Crippen LogP contribution in [-0.2, 0) is 0 Å². The molecule has 0 fully saturated rings. The van der Waals surface area contributed by atoms with Gasteiger partial charge in [0.2, 0.25) is 0 Å². The second-order valence-corrected chi connectivity index (χ2v) is 8.35. The summed E-state index contributed by atoms with van der Waals surface area (Å²) in [5.41, 5.74) is 2.86. The topological polar surface area (TPSA) is 76.4 Å². The molecule has 0 aliphatic heterocycles. The van der Waals surface area contributed by atoms with Crippen molar-refractivity contribution in [3.8, 4) is 5.75 Å². The lowest BCUT2D eigenvalue weighted by Gasteiger charge is -2.21. The molecule has 158 valence electrons.